The molecule has 0 aliphatic rings. The Bertz CT molecular complexity index is 1040. The summed E-state index contributed by atoms with van der Waals surface area (Å²) in [5, 5.41) is 11.9. The minimum Gasteiger partial charge on any atom is -0.435 e. The maximum absolute atomic E-state index is 12.3. The van der Waals surface area contributed by atoms with Crippen LogP contribution in [0, 0.1) is 20.8 Å². The third kappa shape index (κ3) is 6.27. The number of amides is 1. The molecular formula is C22H24F2N4O2S. The molecule has 164 valence electrons. The highest BCUT2D eigenvalue weighted by molar-refractivity contribution is 7.99. The Morgan fingerprint density at radius 1 is 1.13 bits per heavy atom. The number of carbonyl (C=O) groups excluding carboxylic acids is 1. The van der Waals surface area contributed by atoms with Crippen LogP contribution in [0.25, 0.3) is 5.69 Å². The molecule has 31 heavy (non-hydrogen) atoms. The average Bonchev–Trinajstić information content (AvgIpc) is 3.09. The zero-order chi connectivity index (χ0) is 22.4. The van der Waals surface area contributed by atoms with E-state index in [9.17, 15) is 13.6 Å². The van der Waals surface area contributed by atoms with E-state index in [4.69, 9.17) is 0 Å². The summed E-state index contributed by atoms with van der Waals surface area (Å²) < 4.78 is 30.7. The Hall–Kier alpha value is -2.94. The van der Waals surface area contributed by atoms with Gasteiger partial charge in [0.1, 0.15) is 11.6 Å². The van der Waals surface area contributed by atoms with Crippen LogP contribution in [-0.4, -0.2) is 39.6 Å². The summed E-state index contributed by atoms with van der Waals surface area (Å²) in [4.78, 5) is 12.3. The van der Waals surface area contributed by atoms with Crippen molar-refractivity contribution in [2.24, 2.45) is 0 Å². The van der Waals surface area contributed by atoms with Crippen molar-refractivity contribution in [3.8, 4) is 11.4 Å². The number of nitrogens with one attached hydrogen (secondary N) is 1. The summed E-state index contributed by atoms with van der Waals surface area (Å²) >= 11 is 1.33. The predicted molar refractivity (Wildman–Crippen MR) is 116 cm³/mol. The fourth-order valence-electron chi connectivity index (χ4n) is 3.04. The molecule has 3 aromatic rings. The summed E-state index contributed by atoms with van der Waals surface area (Å²) in [6, 6.07) is 12.6. The second-order valence-electron chi connectivity index (χ2n) is 7.07. The van der Waals surface area contributed by atoms with Gasteiger partial charge in [-0.2, -0.15) is 8.78 Å². The molecule has 0 saturated carbocycles. The van der Waals surface area contributed by atoms with Crippen molar-refractivity contribution in [2.45, 2.75) is 39.0 Å². The van der Waals surface area contributed by atoms with Crippen LogP contribution in [0.5, 0.6) is 5.75 Å². The fourth-order valence-corrected chi connectivity index (χ4v) is 3.86. The highest BCUT2D eigenvalue weighted by atomic mass is 32.2. The molecule has 1 heterocycles. The van der Waals surface area contributed by atoms with E-state index in [-0.39, 0.29) is 17.4 Å². The van der Waals surface area contributed by atoms with Crippen LogP contribution in [0.3, 0.4) is 0 Å². The van der Waals surface area contributed by atoms with Gasteiger partial charge in [-0.15, -0.1) is 10.2 Å². The predicted octanol–water partition coefficient (Wildman–Crippen LogP) is 4.24. The number of benzene rings is 2. The average molecular weight is 447 g/mol. The Morgan fingerprint density at radius 3 is 2.58 bits per heavy atom. The number of hydrogen-bond acceptors (Lipinski definition) is 5. The SMILES string of the molecule is Cc1ccc(C)c(-n2c(C)nnc2SCC(=O)NCCc2ccc(OC(F)F)cc2)c1. The molecule has 0 bridgehead atoms. The Balaban J connectivity index is 1.52. The third-order valence-electron chi connectivity index (χ3n) is 4.62. The summed E-state index contributed by atoms with van der Waals surface area (Å²) in [6.07, 6.45) is 0.586. The number of carbonyl (C=O) groups is 1. The minimum atomic E-state index is -2.84. The Labute approximate surface area is 184 Å². The van der Waals surface area contributed by atoms with Crippen molar-refractivity contribution < 1.29 is 18.3 Å². The molecule has 3 rings (SSSR count). The molecule has 0 aliphatic heterocycles. The van der Waals surface area contributed by atoms with Crippen molar-refractivity contribution in [3.63, 3.8) is 0 Å². The van der Waals surface area contributed by atoms with E-state index < -0.39 is 6.61 Å². The van der Waals surface area contributed by atoms with Crippen molar-refractivity contribution in [3.05, 3.63) is 65.0 Å². The van der Waals surface area contributed by atoms with E-state index in [1.807, 2.05) is 25.3 Å². The molecule has 1 aromatic heterocycles. The molecule has 2 aromatic carbocycles. The van der Waals surface area contributed by atoms with Gasteiger partial charge in [-0.05, 0) is 62.1 Å². The number of rotatable bonds is 9. The summed E-state index contributed by atoms with van der Waals surface area (Å²) in [7, 11) is 0. The number of nitrogens with zero attached hydrogens (tertiary/aromatic N) is 3. The topological polar surface area (TPSA) is 69.0 Å². The Kier molecular flexibility index (Phi) is 7.62. The third-order valence-corrected chi connectivity index (χ3v) is 5.55. The molecule has 0 unspecified atom stereocenters. The number of hydrogen-bond donors (Lipinski definition) is 1. The quantitative estimate of drug-likeness (QED) is 0.498. The first-order valence-electron chi connectivity index (χ1n) is 9.76. The van der Waals surface area contributed by atoms with E-state index in [2.05, 4.69) is 38.5 Å². The number of thioether (sulfide) groups is 1. The van der Waals surface area contributed by atoms with Crippen LogP contribution < -0.4 is 10.1 Å². The zero-order valence-electron chi connectivity index (χ0n) is 17.6. The maximum Gasteiger partial charge on any atom is 0.387 e. The molecule has 6 nitrogen and oxygen atoms in total. The number of halogens is 2. The van der Waals surface area contributed by atoms with Crippen LogP contribution in [0.1, 0.15) is 22.5 Å². The number of aryl methyl sites for hydroxylation is 3. The molecule has 9 heteroatoms. The second kappa shape index (κ2) is 10.4. The molecule has 0 aliphatic carbocycles. The van der Waals surface area contributed by atoms with Crippen molar-refractivity contribution in [1.29, 1.82) is 0 Å². The zero-order valence-corrected chi connectivity index (χ0v) is 18.4. The van der Waals surface area contributed by atoms with E-state index in [1.54, 1.807) is 12.1 Å². The van der Waals surface area contributed by atoms with Crippen molar-refractivity contribution >= 4 is 17.7 Å². The van der Waals surface area contributed by atoms with E-state index in [0.717, 1.165) is 28.2 Å². The number of aromatic nitrogens is 3. The fraction of sp³-hybridized carbons (Fsp3) is 0.318. The largest absolute Gasteiger partial charge is 0.435 e. The highest BCUT2D eigenvalue weighted by Gasteiger charge is 2.15. The smallest absolute Gasteiger partial charge is 0.387 e. The first kappa shape index (κ1) is 22.7. The van der Waals surface area contributed by atoms with E-state index >= 15 is 0 Å². The molecule has 1 N–H and O–H groups in total. The summed E-state index contributed by atoms with van der Waals surface area (Å²) in [5.74, 6) is 0.971. The first-order chi connectivity index (χ1) is 14.8. The van der Waals surface area contributed by atoms with Gasteiger partial charge >= 0.3 is 6.61 Å². The number of ether oxygens (including phenoxy) is 1. The van der Waals surface area contributed by atoms with Crippen LogP contribution in [-0.2, 0) is 11.2 Å². The summed E-state index contributed by atoms with van der Waals surface area (Å²) in [5.41, 5.74) is 4.16. The molecule has 0 atom stereocenters. The van der Waals surface area contributed by atoms with Crippen LogP contribution >= 0.6 is 11.8 Å². The standard InChI is InChI=1S/C22H24F2N4O2S/c1-14-4-5-15(2)19(12-14)28-16(3)26-27-22(28)31-13-20(29)25-11-10-17-6-8-18(9-7-17)30-21(23)24/h4-9,12,21H,10-11,13H2,1-3H3,(H,25,29). The lowest BCUT2D eigenvalue weighted by atomic mass is 10.1. The van der Waals surface area contributed by atoms with E-state index in [1.165, 1.54) is 23.9 Å². The van der Waals surface area contributed by atoms with Crippen LogP contribution in [0.2, 0.25) is 0 Å². The van der Waals surface area contributed by atoms with Gasteiger partial charge in [-0.3, -0.25) is 9.36 Å². The number of alkyl halides is 2. The van der Waals surface area contributed by atoms with Gasteiger partial charge in [-0.1, -0.05) is 36.0 Å². The lowest BCUT2D eigenvalue weighted by Crippen LogP contribution is -2.27. The van der Waals surface area contributed by atoms with E-state index in [0.29, 0.717) is 18.1 Å². The molecule has 0 spiro atoms. The van der Waals surface area contributed by atoms with Gasteiger partial charge in [0.15, 0.2) is 5.16 Å². The minimum absolute atomic E-state index is 0.113. The van der Waals surface area contributed by atoms with Gasteiger partial charge in [0, 0.05) is 6.54 Å². The maximum atomic E-state index is 12.3. The normalized spacial score (nSPS) is 11.0. The lowest BCUT2D eigenvalue weighted by Gasteiger charge is -2.12. The Morgan fingerprint density at radius 2 is 1.87 bits per heavy atom. The van der Waals surface area contributed by atoms with Crippen LogP contribution in [0.4, 0.5) is 8.78 Å². The van der Waals surface area contributed by atoms with Gasteiger partial charge in [-0.25, -0.2) is 0 Å². The monoisotopic (exact) mass is 446 g/mol. The van der Waals surface area contributed by atoms with Crippen molar-refractivity contribution in [2.75, 3.05) is 12.3 Å². The molecule has 0 saturated heterocycles. The molecule has 1 amide bonds. The van der Waals surface area contributed by atoms with Gasteiger partial charge in [0.25, 0.3) is 0 Å². The van der Waals surface area contributed by atoms with Crippen molar-refractivity contribution in [1.82, 2.24) is 20.1 Å². The second-order valence-corrected chi connectivity index (χ2v) is 8.01. The summed E-state index contributed by atoms with van der Waals surface area (Å²) in [6.45, 7) is 3.55. The molecule has 0 fully saturated rings. The highest BCUT2D eigenvalue weighted by Crippen LogP contribution is 2.24. The first-order valence-corrected chi connectivity index (χ1v) is 10.7. The van der Waals surface area contributed by atoms with Gasteiger partial charge < -0.3 is 10.1 Å². The van der Waals surface area contributed by atoms with Gasteiger partial charge in [0.05, 0.1) is 11.4 Å². The van der Waals surface area contributed by atoms with Gasteiger partial charge in [0.2, 0.25) is 5.91 Å². The molecule has 0 radical (unpaired) electrons. The van der Waals surface area contributed by atoms with Crippen LogP contribution in [0.15, 0.2) is 47.6 Å². The molecular weight excluding hydrogens is 422 g/mol. The lowest BCUT2D eigenvalue weighted by molar-refractivity contribution is -0.118.